The van der Waals surface area contributed by atoms with Crippen molar-refractivity contribution in [2.24, 2.45) is 5.92 Å². The lowest BCUT2D eigenvalue weighted by atomic mass is 9.94. The Labute approximate surface area is 383 Å². The van der Waals surface area contributed by atoms with Crippen LogP contribution < -0.4 is 20.4 Å². The van der Waals surface area contributed by atoms with Crippen LogP contribution in [0.3, 0.4) is 0 Å². The van der Waals surface area contributed by atoms with Crippen LogP contribution in [0.1, 0.15) is 103 Å². The molecule has 0 spiro atoms. The fourth-order valence-electron chi connectivity index (χ4n) is 7.32. The molecule has 0 unspecified atom stereocenters. The summed E-state index contributed by atoms with van der Waals surface area (Å²) in [6, 6.07) is 21.2. The van der Waals surface area contributed by atoms with Gasteiger partial charge in [-0.2, -0.15) is 29.0 Å². The molecule has 3 aromatic rings. The van der Waals surface area contributed by atoms with E-state index in [2.05, 4.69) is 84.2 Å². The summed E-state index contributed by atoms with van der Waals surface area (Å²) in [5, 5.41) is 33.1. The molecule has 1 amide bonds. The first-order valence-corrected chi connectivity index (χ1v) is 21.2. The number of nitrogens with zero attached hydrogens (tertiary/aromatic N) is 7. The van der Waals surface area contributed by atoms with Crippen molar-refractivity contribution in [3.63, 3.8) is 0 Å². The van der Waals surface area contributed by atoms with Gasteiger partial charge in [0.25, 0.3) is 0 Å². The van der Waals surface area contributed by atoms with Crippen LogP contribution in [0.25, 0.3) is 4.85 Å². The summed E-state index contributed by atoms with van der Waals surface area (Å²) in [5.41, 5.74) is 2.81. The first-order valence-electron chi connectivity index (χ1n) is 21.2. The SMILES string of the molecule is C[C@@H]1CN[C@@H](C)CN1C(=O)OC(C)(C)C.C[C@H]1CC[C@H](C)N(c2ccc(C#N)c(C#N)c2)C1.Cl.N#Cc1ccc(F)cc1C(F)(F)F.[C-]#[N+]c1ccc(N2C[C@@H](C)NC[C@@H]2C)cc1C. The number of nitriles is 3. The highest BCUT2D eigenvalue weighted by Gasteiger charge is 2.34. The summed E-state index contributed by atoms with van der Waals surface area (Å²) < 4.78 is 54.1. The zero-order valence-corrected chi connectivity index (χ0v) is 39.3. The van der Waals surface area contributed by atoms with Crippen LogP contribution in [-0.4, -0.2) is 79.5 Å². The van der Waals surface area contributed by atoms with Gasteiger partial charge in [-0.1, -0.05) is 13.0 Å². The lowest BCUT2D eigenvalue weighted by molar-refractivity contribution is -0.138. The quantitative estimate of drug-likeness (QED) is 0.190. The van der Waals surface area contributed by atoms with Gasteiger partial charge >= 0.3 is 12.3 Å². The highest BCUT2D eigenvalue weighted by Crippen LogP contribution is 2.32. The highest BCUT2D eigenvalue weighted by molar-refractivity contribution is 5.85. The maximum absolute atomic E-state index is 12.4. The second-order valence-corrected chi connectivity index (χ2v) is 17.6. The minimum absolute atomic E-state index is 0. The van der Waals surface area contributed by atoms with Gasteiger partial charge in [-0.15, -0.1) is 12.4 Å². The zero-order valence-electron chi connectivity index (χ0n) is 38.5. The summed E-state index contributed by atoms with van der Waals surface area (Å²) in [7, 11) is 0. The molecule has 3 aliphatic rings. The van der Waals surface area contributed by atoms with Crippen LogP contribution in [-0.2, 0) is 10.9 Å². The molecule has 3 aromatic carbocycles. The number of halogens is 5. The maximum atomic E-state index is 12.4. The van der Waals surface area contributed by atoms with Crippen LogP contribution in [0.15, 0.2) is 54.6 Å². The number of alkyl halides is 3. The van der Waals surface area contributed by atoms with Gasteiger partial charge in [-0.3, -0.25) is 0 Å². The molecule has 16 heteroatoms. The topological polar surface area (TPSA) is 136 Å². The van der Waals surface area contributed by atoms with Crippen LogP contribution in [0.5, 0.6) is 0 Å². The molecule has 64 heavy (non-hydrogen) atoms. The Hall–Kier alpha value is -5.58. The Morgan fingerprint density at radius 2 is 1.30 bits per heavy atom. The van der Waals surface area contributed by atoms with Crippen molar-refractivity contribution in [3.05, 3.63) is 99.6 Å². The van der Waals surface area contributed by atoms with E-state index in [9.17, 15) is 22.4 Å². The van der Waals surface area contributed by atoms with E-state index in [1.165, 1.54) is 24.6 Å². The Balaban J connectivity index is 0.000000294. The molecule has 3 fully saturated rings. The average Bonchev–Trinajstić information content (AvgIpc) is 3.23. The molecule has 3 aliphatic heterocycles. The van der Waals surface area contributed by atoms with Gasteiger partial charge in [0.1, 0.15) is 23.6 Å². The summed E-state index contributed by atoms with van der Waals surface area (Å²) in [5.74, 6) is -0.325. The van der Waals surface area contributed by atoms with E-state index in [1.54, 1.807) is 11.0 Å². The van der Waals surface area contributed by atoms with E-state index in [0.29, 0.717) is 47.3 Å². The predicted molar refractivity (Wildman–Crippen MR) is 246 cm³/mol. The van der Waals surface area contributed by atoms with E-state index in [-0.39, 0.29) is 24.5 Å². The average molecular weight is 909 g/mol. The molecule has 0 aromatic heterocycles. The molecule has 0 aliphatic carbocycles. The number of carbonyl (C=O) groups is 1. The Morgan fingerprint density at radius 3 is 1.86 bits per heavy atom. The lowest BCUT2D eigenvalue weighted by Gasteiger charge is -2.39. The van der Waals surface area contributed by atoms with Crippen molar-refractivity contribution < 1.29 is 27.1 Å². The zero-order chi connectivity index (χ0) is 47.2. The summed E-state index contributed by atoms with van der Waals surface area (Å²) in [4.78, 5) is 21.9. The third-order valence-electron chi connectivity index (χ3n) is 10.9. The lowest BCUT2D eigenvalue weighted by Crippen LogP contribution is -2.57. The molecule has 6 rings (SSSR count). The number of piperidine rings is 1. The Kier molecular flexibility index (Phi) is 20.9. The summed E-state index contributed by atoms with van der Waals surface area (Å²) in [6.45, 7) is 32.4. The number of ether oxygens (including phenoxy) is 1. The smallest absolute Gasteiger partial charge is 0.417 e. The molecule has 2 N–H and O–H groups in total. The number of aryl methyl sites for hydroxylation is 1. The number of benzene rings is 3. The van der Waals surface area contributed by atoms with E-state index < -0.39 is 28.7 Å². The molecule has 11 nitrogen and oxygen atoms in total. The second-order valence-electron chi connectivity index (χ2n) is 17.6. The third-order valence-corrected chi connectivity index (χ3v) is 10.9. The summed E-state index contributed by atoms with van der Waals surface area (Å²) >= 11 is 0. The van der Waals surface area contributed by atoms with Gasteiger partial charge in [-0.05, 0) is 135 Å². The molecule has 0 saturated carbocycles. The monoisotopic (exact) mass is 907 g/mol. The van der Waals surface area contributed by atoms with Crippen molar-refractivity contribution >= 4 is 35.6 Å². The van der Waals surface area contributed by atoms with Crippen molar-refractivity contribution in [2.75, 3.05) is 42.5 Å². The highest BCUT2D eigenvalue weighted by atomic mass is 35.5. The number of carbonyl (C=O) groups excluding carboxylic acids is 1. The van der Waals surface area contributed by atoms with Crippen molar-refractivity contribution in [3.8, 4) is 18.2 Å². The van der Waals surface area contributed by atoms with Crippen LogP contribution in [0, 0.1) is 59.2 Å². The Bertz CT molecular complexity index is 2190. The number of hydrogen-bond acceptors (Lipinski definition) is 9. The van der Waals surface area contributed by atoms with E-state index in [1.807, 2.05) is 52.8 Å². The van der Waals surface area contributed by atoms with Gasteiger partial charge < -0.3 is 30.1 Å². The first kappa shape index (κ1) is 54.6. The molecule has 6 atom stereocenters. The van der Waals surface area contributed by atoms with Crippen molar-refractivity contribution in [2.45, 2.75) is 124 Å². The van der Waals surface area contributed by atoms with Gasteiger partial charge in [-0.25, -0.2) is 14.0 Å². The van der Waals surface area contributed by atoms with Crippen LogP contribution in [0.4, 0.5) is 39.4 Å². The fourth-order valence-corrected chi connectivity index (χ4v) is 7.32. The number of anilines is 2. The normalized spacial score (nSPS) is 21.8. The molecule has 0 bridgehead atoms. The van der Waals surface area contributed by atoms with Gasteiger partial charge in [0.05, 0.1) is 34.9 Å². The van der Waals surface area contributed by atoms with Crippen LogP contribution in [0.2, 0.25) is 0 Å². The minimum atomic E-state index is -4.69. The van der Waals surface area contributed by atoms with Gasteiger partial charge in [0.15, 0.2) is 5.69 Å². The van der Waals surface area contributed by atoms with Crippen LogP contribution >= 0.6 is 12.4 Å². The van der Waals surface area contributed by atoms with Crippen molar-refractivity contribution in [1.29, 1.82) is 15.8 Å². The molecule has 346 valence electrons. The maximum Gasteiger partial charge on any atom is 0.417 e. The van der Waals surface area contributed by atoms with E-state index in [4.69, 9.17) is 27.1 Å². The largest absolute Gasteiger partial charge is 0.444 e. The number of piperazine rings is 2. The van der Waals surface area contributed by atoms with Gasteiger partial charge in [0.2, 0.25) is 0 Å². The minimum Gasteiger partial charge on any atom is -0.444 e. The second kappa shape index (κ2) is 24.5. The fraction of sp³-hybridized carbons (Fsp3) is 0.521. The molecule has 3 saturated heterocycles. The Morgan fingerprint density at radius 1 is 0.750 bits per heavy atom. The standard InChI is InChI=1S/C15H17N3.C14H19N3.C11H22N2O2.C8H3F4N.ClH/c1-11-3-4-12(2)18(10-11)15-6-5-13(8-16)14(7-15)9-17;1-10-7-13(5-6-14(10)15-4)17-9-11(2)16-8-12(17)3;1-8-7-13(9(2)6-12-8)10(14)15-11(3,4)5;9-6-2-1-5(4-13)7(3-6)8(10,11)12;/h5-7,11-12H,3-4,10H2,1-2H3;5-7,11-12,16H,8-9H2,1-3H3;8-9,12H,6-7H2,1-5H3;1-3H;1H/t11-,12-;11-,12+;8-,9+;;/m010../s1. The molecule has 0 radical (unpaired) electrons. The number of rotatable bonds is 2. The molecular weight excluding hydrogens is 846 g/mol. The predicted octanol–water partition coefficient (Wildman–Crippen LogP) is 10.5. The number of amides is 1. The summed E-state index contributed by atoms with van der Waals surface area (Å²) in [6.07, 6.45) is -2.45. The molecule has 3 heterocycles. The van der Waals surface area contributed by atoms with Crippen molar-refractivity contribution in [1.82, 2.24) is 15.5 Å². The van der Waals surface area contributed by atoms with E-state index >= 15 is 0 Å². The number of hydrogen-bond donors (Lipinski definition) is 2. The first-order chi connectivity index (χ1) is 29.5. The van der Waals surface area contributed by atoms with Gasteiger partial charge in [0, 0.05) is 74.3 Å². The number of nitrogens with one attached hydrogen (secondary N) is 2. The van der Waals surface area contributed by atoms with E-state index in [0.717, 1.165) is 61.8 Å². The molecular formula is C48H62ClF4N9O2. The third kappa shape index (κ3) is 16.2.